The van der Waals surface area contributed by atoms with Crippen LogP contribution in [0.3, 0.4) is 0 Å². The van der Waals surface area contributed by atoms with Gasteiger partial charge in [0.05, 0.1) is 0 Å². The zero-order chi connectivity index (χ0) is 23.5. The molecular formula is C29H56O3. The van der Waals surface area contributed by atoms with E-state index in [4.69, 9.17) is 5.11 Å². The van der Waals surface area contributed by atoms with E-state index < -0.39 is 11.8 Å². The summed E-state index contributed by atoms with van der Waals surface area (Å²) in [6.07, 6.45) is 34.1. The SMILES string of the molecule is CCCCCCCCCCCCCCCCCCCCCCCCCCCC(=O)C(=O)O. The number of aliphatic carboxylic acids is 1. The van der Waals surface area contributed by atoms with Gasteiger partial charge in [0.2, 0.25) is 5.78 Å². The normalized spacial score (nSPS) is 11.2. The first-order valence-electron chi connectivity index (χ1n) is 14.4. The van der Waals surface area contributed by atoms with Crippen molar-refractivity contribution in [2.24, 2.45) is 0 Å². The van der Waals surface area contributed by atoms with Crippen LogP contribution in [0.25, 0.3) is 0 Å². The lowest BCUT2D eigenvalue weighted by molar-refractivity contribution is -0.149. The molecule has 1 N–H and O–H groups in total. The molecule has 0 fully saturated rings. The molecule has 3 heteroatoms. The van der Waals surface area contributed by atoms with Crippen LogP contribution in [0.2, 0.25) is 0 Å². The molecule has 0 bridgehead atoms. The van der Waals surface area contributed by atoms with Gasteiger partial charge in [0.1, 0.15) is 0 Å². The summed E-state index contributed by atoms with van der Waals surface area (Å²) in [5.41, 5.74) is 0. The van der Waals surface area contributed by atoms with Gasteiger partial charge in [-0.15, -0.1) is 0 Å². The Bertz CT molecular complexity index is 405. The van der Waals surface area contributed by atoms with Crippen LogP contribution >= 0.6 is 0 Å². The fraction of sp³-hybridized carbons (Fsp3) is 0.931. The average molecular weight is 453 g/mol. The zero-order valence-corrected chi connectivity index (χ0v) is 21.6. The highest BCUT2D eigenvalue weighted by Crippen LogP contribution is 2.16. The number of rotatable bonds is 27. The third-order valence-corrected chi connectivity index (χ3v) is 6.75. The van der Waals surface area contributed by atoms with Crippen LogP contribution < -0.4 is 0 Å². The van der Waals surface area contributed by atoms with Gasteiger partial charge in [0.15, 0.2) is 0 Å². The molecule has 0 aliphatic rings. The lowest BCUT2D eigenvalue weighted by atomic mass is 10.0. The fourth-order valence-corrected chi connectivity index (χ4v) is 4.53. The maximum Gasteiger partial charge on any atom is 0.372 e. The summed E-state index contributed by atoms with van der Waals surface area (Å²) in [5, 5.41) is 8.52. The highest BCUT2D eigenvalue weighted by Gasteiger charge is 2.09. The predicted octanol–water partition coefficient (Wildman–Crippen LogP) is 9.80. The molecule has 190 valence electrons. The number of carbonyl (C=O) groups excluding carboxylic acids is 1. The van der Waals surface area contributed by atoms with E-state index in [2.05, 4.69) is 6.92 Å². The van der Waals surface area contributed by atoms with Gasteiger partial charge in [-0.25, -0.2) is 4.79 Å². The number of carbonyl (C=O) groups is 2. The summed E-state index contributed by atoms with van der Waals surface area (Å²) >= 11 is 0. The van der Waals surface area contributed by atoms with E-state index >= 15 is 0 Å². The molecule has 0 aromatic carbocycles. The second kappa shape index (κ2) is 26.4. The third kappa shape index (κ3) is 25.4. The standard InChI is InChI=1S/C29H56O3/c1-2-3-4-5-6-7-8-9-10-11-12-13-14-15-16-17-18-19-20-21-22-23-24-25-26-27-28(30)29(31)32/h2-27H2,1H3,(H,31,32). The largest absolute Gasteiger partial charge is 0.476 e. The van der Waals surface area contributed by atoms with Gasteiger partial charge in [0, 0.05) is 6.42 Å². The van der Waals surface area contributed by atoms with Crippen LogP contribution in [0.5, 0.6) is 0 Å². The van der Waals surface area contributed by atoms with Crippen LogP contribution in [0.15, 0.2) is 0 Å². The van der Waals surface area contributed by atoms with E-state index in [1.165, 1.54) is 141 Å². The Morgan fingerprint density at radius 1 is 0.406 bits per heavy atom. The maximum absolute atomic E-state index is 11.0. The van der Waals surface area contributed by atoms with Gasteiger partial charge >= 0.3 is 5.97 Å². The number of hydrogen-bond donors (Lipinski definition) is 1. The van der Waals surface area contributed by atoms with E-state index in [0.717, 1.165) is 19.3 Å². The minimum Gasteiger partial charge on any atom is -0.476 e. The first-order valence-corrected chi connectivity index (χ1v) is 14.4. The summed E-state index contributed by atoms with van der Waals surface area (Å²) in [6.45, 7) is 2.29. The minimum atomic E-state index is -1.28. The van der Waals surface area contributed by atoms with E-state index in [0.29, 0.717) is 0 Å². The van der Waals surface area contributed by atoms with Crippen LogP contribution in [-0.2, 0) is 9.59 Å². The highest BCUT2D eigenvalue weighted by atomic mass is 16.4. The Hall–Kier alpha value is -0.860. The van der Waals surface area contributed by atoms with Crippen molar-refractivity contribution in [3.05, 3.63) is 0 Å². The fourth-order valence-electron chi connectivity index (χ4n) is 4.53. The molecule has 0 rings (SSSR count). The molecular weight excluding hydrogens is 396 g/mol. The van der Waals surface area contributed by atoms with Crippen LogP contribution in [0, 0.1) is 0 Å². The molecule has 0 aromatic rings. The van der Waals surface area contributed by atoms with E-state index in [-0.39, 0.29) is 6.42 Å². The average Bonchev–Trinajstić information content (AvgIpc) is 2.78. The van der Waals surface area contributed by atoms with E-state index in [1.54, 1.807) is 0 Å². The van der Waals surface area contributed by atoms with Crippen LogP contribution in [0.4, 0.5) is 0 Å². The van der Waals surface area contributed by atoms with E-state index in [9.17, 15) is 9.59 Å². The number of hydrogen-bond acceptors (Lipinski definition) is 2. The molecule has 32 heavy (non-hydrogen) atoms. The first-order chi connectivity index (χ1) is 15.7. The summed E-state index contributed by atoms with van der Waals surface area (Å²) in [5.74, 6) is -1.92. The molecule has 0 radical (unpaired) electrons. The molecule has 0 aliphatic heterocycles. The van der Waals surface area contributed by atoms with Crippen molar-refractivity contribution in [2.75, 3.05) is 0 Å². The van der Waals surface area contributed by atoms with Gasteiger partial charge in [-0.1, -0.05) is 161 Å². The number of Topliss-reactive ketones (excluding diaryl/α,β-unsaturated/α-hetero) is 1. The summed E-state index contributed by atoms with van der Waals surface area (Å²) < 4.78 is 0. The number of unbranched alkanes of at least 4 members (excludes halogenated alkanes) is 24. The molecule has 0 atom stereocenters. The summed E-state index contributed by atoms with van der Waals surface area (Å²) in [4.78, 5) is 21.4. The van der Waals surface area contributed by atoms with Crippen LogP contribution in [0.1, 0.15) is 174 Å². The van der Waals surface area contributed by atoms with Gasteiger partial charge < -0.3 is 5.11 Å². The van der Waals surface area contributed by atoms with Crippen molar-refractivity contribution in [3.8, 4) is 0 Å². The van der Waals surface area contributed by atoms with Gasteiger partial charge in [-0.05, 0) is 6.42 Å². The van der Waals surface area contributed by atoms with Crippen molar-refractivity contribution in [2.45, 2.75) is 174 Å². The van der Waals surface area contributed by atoms with Crippen molar-refractivity contribution in [3.63, 3.8) is 0 Å². The first kappa shape index (κ1) is 31.1. The third-order valence-electron chi connectivity index (χ3n) is 6.75. The Kier molecular flexibility index (Phi) is 25.7. The lowest BCUT2D eigenvalue weighted by Crippen LogP contribution is -2.11. The molecule has 3 nitrogen and oxygen atoms in total. The Morgan fingerprint density at radius 2 is 0.625 bits per heavy atom. The highest BCUT2D eigenvalue weighted by molar-refractivity contribution is 6.32. The smallest absolute Gasteiger partial charge is 0.372 e. The van der Waals surface area contributed by atoms with Gasteiger partial charge in [-0.3, -0.25) is 4.79 Å². The number of carboxylic acids is 1. The molecule has 0 aromatic heterocycles. The number of ketones is 1. The lowest BCUT2D eigenvalue weighted by Gasteiger charge is -2.04. The quantitative estimate of drug-likeness (QED) is 0.0996. The molecule has 0 spiro atoms. The number of carboxylic acid groups (broad SMARTS) is 1. The van der Waals surface area contributed by atoms with Gasteiger partial charge in [-0.2, -0.15) is 0 Å². The van der Waals surface area contributed by atoms with Crippen molar-refractivity contribution >= 4 is 11.8 Å². The Morgan fingerprint density at radius 3 is 0.844 bits per heavy atom. The van der Waals surface area contributed by atoms with Crippen LogP contribution in [-0.4, -0.2) is 16.9 Å². The molecule has 0 unspecified atom stereocenters. The van der Waals surface area contributed by atoms with Crippen molar-refractivity contribution in [1.29, 1.82) is 0 Å². The second-order valence-corrected chi connectivity index (χ2v) is 9.96. The maximum atomic E-state index is 11.0. The second-order valence-electron chi connectivity index (χ2n) is 9.96. The molecule has 0 amide bonds. The van der Waals surface area contributed by atoms with Crippen molar-refractivity contribution < 1.29 is 14.7 Å². The monoisotopic (exact) mass is 452 g/mol. The molecule has 0 saturated carbocycles. The Balaban J connectivity index is 3.05. The van der Waals surface area contributed by atoms with Crippen molar-refractivity contribution in [1.82, 2.24) is 0 Å². The van der Waals surface area contributed by atoms with E-state index in [1.807, 2.05) is 0 Å². The molecule has 0 heterocycles. The predicted molar refractivity (Wildman–Crippen MR) is 138 cm³/mol. The molecule has 0 aliphatic carbocycles. The minimum absolute atomic E-state index is 0.203. The Labute approximate surface area is 200 Å². The summed E-state index contributed by atoms with van der Waals surface area (Å²) in [7, 11) is 0. The molecule has 0 saturated heterocycles. The van der Waals surface area contributed by atoms with Gasteiger partial charge in [0.25, 0.3) is 0 Å². The topological polar surface area (TPSA) is 54.4 Å². The zero-order valence-electron chi connectivity index (χ0n) is 21.6. The summed E-state index contributed by atoms with van der Waals surface area (Å²) in [6, 6.07) is 0.